The van der Waals surface area contributed by atoms with Crippen LogP contribution >= 0.6 is 0 Å². The first-order valence-corrected chi connectivity index (χ1v) is 9.42. The minimum atomic E-state index is -0.690. The van der Waals surface area contributed by atoms with Crippen molar-refractivity contribution in [2.24, 2.45) is 0 Å². The molecule has 0 radical (unpaired) electrons. The van der Waals surface area contributed by atoms with E-state index in [-0.39, 0.29) is 39.5 Å². The number of rotatable bonds is 5. The second-order valence-corrected chi connectivity index (χ2v) is 6.79. The minimum Gasteiger partial charge on any atom is -0.497 e. The first kappa shape index (κ1) is 20.0. The van der Waals surface area contributed by atoms with E-state index in [1.807, 2.05) is 0 Å². The molecule has 0 aromatic heterocycles. The number of carbonyl (C=O) groups excluding carboxylic acids is 4. The molecule has 0 fully saturated rings. The van der Waals surface area contributed by atoms with Gasteiger partial charge in [-0.1, -0.05) is 42.5 Å². The van der Waals surface area contributed by atoms with Gasteiger partial charge in [-0.15, -0.1) is 0 Å². The molecule has 0 saturated carbocycles. The maximum Gasteiger partial charge on any atom is 0.338 e. The number of ketones is 2. The van der Waals surface area contributed by atoms with Crippen molar-refractivity contribution in [1.29, 1.82) is 0 Å². The lowest BCUT2D eigenvalue weighted by Crippen LogP contribution is -2.26. The van der Waals surface area contributed by atoms with Crippen molar-refractivity contribution >= 4 is 29.1 Å². The number of hydrogen-bond donors (Lipinski definition) is 1. The lowest BCUT2D eigenvalue weighted by atomic mass is 9.83. The largest absolute Gasteiger partial charge is 0.497 e. The van der Waals surface area contributed by atoms with Gasteiger partial charge in [0.05, 0.1) is 23.9 Å². The summed E-state index contributed by atoms with van der Waals surface area (Å²) in [6.45, 7) is -0.557. The maximum absolute atomic E-state index is 13.0. The average molecular weight is 415 g/mol. The van der Waals surface area contributed by atoms with E-state index in [2.05, 4.69) is 5.32 Å². The van der Waals surface area contributed by atoms with E-state index >= 15 is 0 Å². The molecule has 1 aliphatic rings. The summed E-state index contributed by atoms with van der Waals surface area (Å²) >= 11 is 0. The van der Waals surface area contributed by atoms with Crippen LogP contribution in [0.15, 0.2) is 66.7 Å². The van der Waals surface area contributed by atoms with Gasteiger partial charge in [-0.3, -0.25) is 14.4 Å². The molecule has 154 valence electrons. The fraction of sp³-hybridized carbons (Fsp3) is 0.0833. The van der Waals surface area contributed by atoms with Crippen LogP contribution in [0.1, 0.15) is 42.2 Å². The number of nitrogens with one attached hydrogen (secondary N) is 1. The molecule has 1 aliphatic carbocycles. The molecular weight excluding hydrogens is 398 g/mol. The Hall–Kier alpha value is -4.26. The quantitative estimate of drug-likeness (QED) is 0.503. The van der Waals surface area contributed by atoms with E-state index in [1.54, 1.807) is 48.5 Å². The fourth-order valence-corrected chi connectivity index (χ4v) is 3.40. The number of fused-ring (bicyclic) bond motifs is 2. The highest BCUT2D eigenvalue weighted by Crippen LogP contribution is 2.31. The summed E-state index contributed by atoms with van der Waals surface area (Å²) in [6, 6.07) is 17.5. The Kier molecular flexibility index (Phi) is 5.32. The Balaban J connectivity index is 1.50. The minimum absolute atomic E-state index is 0.124. The second kappa shape index (κ2) is 8.23. The molecule has 0 saturated heterocycles. The molecular formula is C24H17NO6. The molecule has 0 heterocycles. The third-order valence-corrected chi connectivity index (χ3v) is 4.87. The van der Waals surface area contributed by atoms with Gasteiger partial charge in [0, 0.05) is 16.7 Å². The molecule has 3 aromatic carbocycles. The molecule has 31 heavy (non-hydrogen) atoms. The van der Waals surface area contributed by atoms with Crippen molar-refractivity contribution in [2.75, 3.05) is 19.0 Å². The van der Waals surface area contributed by atoms with Crippen molar-refractivity contribution in [3.05, 3.63) is 94.5 Å². The number of hydrogen-bond acceptors (Lipinski definition) is 6. The van der Waals surface area contributed by atoms with E-state index in [1.165, 1.54) is 25.3 Å². The van der Waals surface area contributed by atoms with Gasteiger partial charge in [0.2, 0.25) is 0 Å². The standard InChI is InChI=1S/C24H17NO6/c1-30-15-7-4-6-14(12-15)24(29)31-13-20(26)25-19-11-5-10-18-21(19)23(28)17-9-3-2-8-16(17)22(18)27/h2-12H,13H2,1H3,(H,25,26). The smallest absolute Gasteiger partial charge is 0.338 e. The predicted molar refractivity (Wildman–Crippen MR) is 112 cm³/mol. The number of amides is 1. The van der Waals surface area contributed by atoms with Gasteiger partial charge in [-0.25, -0.2) is 4.79 Å². The Labute approximate surface area is 177 Å². The molecule has 1 amide bonds. The number of carbonyl (C=O) groups is 4. The summed E-state index contributed by atoms with van der Waals surface area (Å²) in [5, 5.41) is 2.57. The van der Waals surface area contributed by atoms with Crippen LogP contribution in [0.25, 0.3) is 0 Å². The number of methoxy groups -OCH3 is 1. The van der Waals surface area contributed by atoms with Crippen LogP contribution in [0.4, 0.5) is 5.69 Å². The van der Waals surface area contributed by atoms with Crippen molar-refractivity contribution in [3.8, 4) is 5.75 Å². The normalized spacial score (nSPS) is 11.9. The summed E-state index contributed by atoms with van der Waals surface area (Å²) in [7, 11) is 1.48. The molecule has 7 heteroatoms. The Morgan fingerprint density at radius 2 is 1.52 bits per heavy atom. The van der Waals surface area contributed by atoms with Crippen LogP contribution in [0, 0.1) is 0 Å². The molecule has 0 aliphatic heterocycles. The van der Waals surface area contributed by atoms with Crippen molar-refractivity contribution in [1.82, 2.24) is 0 Å². The van der Waals surface area contributed by atoms with Gasteiger partial charge in [0.25, 0.3) is 5.91 Å². The number of benzene rings is 3. The summed E-state index contributed by atoms with van der Waals surface area (Å²) in [5.41, 5.74) is 1.38. The zero-order chi connectivity index (χ0) is 22.0. The van der Waals surface area contributed by atoms with Gasteiger partial charge in [0.1, 0.15) is 5.75 Å². The number of esters is 1. The van der Waals surface area contributed by atoms with Crippen molar-refractivity contribution in [3.63, 3.8) is 0 Å². The van der Waals surface area contributed by atoms with Gasteiger partial charge in [-0.05, 0) is 24.3 Å². The SMILES string of the molecule is COc1cccc(C(=O)OCC(=O)Nc2cccc3c2C(=O)c2ccccc2C3=O)c1. The maximum atomic E-state index is 13.0. The molecule has 0 unspecified atom stereocenters. The molecule has 4 rings (SSSR count). The van der Waals surface area contributed by atoms with E-state index in [0.717, 1.165) is 0 Å². The van der Waals surface area contributed by atoms with Crippen LogP contribution in [-0.4, -0.2) is 37.2 Å². The fourth-order valence-electron chi connectivity index (χ4n) is 3.40. The monoisotopic (exact) mass is 415 g/mol. The highest BCUT2D eigenvalue weighted by Gasteiger charge is 2.31. The first-order chi connectivity index (χ1) is 15.0. The average Bonchev–Trinajstić information content (AvgIpc) is 2.81. The van der Waals surface area contributed by atoms with Crippen LogP contribution < -0.4 is 10.1 Å². The first-order valence-electron chi connectivity index (χ1n) is 9.42. The summed E-state index contributed by atoms with van der Waals surface area (Å²) in [4.78, 5) is 50.3. The summed E-state index contributed by atoms with van der Waals surface area (Å²) in [6.07, 6.45) is 0. The van der Waals surface area contributed by atoms with Crippen LogP contribution in [0.3, 0.4) is 0 Å². The Morgan fingerprint density at radius 1 is 0.839 bits per heavy atom. The lowest BCUT2D eigenvalue weighted by molar-refractivity contribution is -0.119. The van der Waals surface area contributed by atoms with Crippen LogP contribution in [-0.2, 0) is 9.53 Å². The molecule has 0 atom stereocenters. The highest BCUT2D eigenvalue weighted by atomic mass is 16.5. The van der Waals surface area contributed by atoms with Crippen molar-refractivity contribution in [2.45, 2.75) is 0 Å². The van der Waals surface area contributed by atoms with Crippen molar-refractivity contribution < 1.29 is 28.7 Å². The summed E-state index contributed by atoms with van der Waals surface area (Å²) in [5.74, 6) is -1.48. The molecule has 3 aromatic rings. The summed E-state index contributed by atoms with van der Waals surface area (Å²) < 4.78 is 10.1. The third kappa shape index (κ3) is 3.81. The van der Waals surface area contributed by atoms with E-state index < -0.39 is 18.5 Å². The predicted octanol–water partition coefficient (Wildman–Crippen LogP) is 3.27. The molecule has 0 bridgehead atoms. The van der Waals surface area contributed by atoms with Gasteiger partial charge >= 0.3 is 5.97 Å². The topological polar surface area (TPSA) is 98.8 Å². The lowest BCUT2D eigenvalue weighted by Gasteiger charge is -2.20. The van der Waals surface area contributed by atoms with Crippen LogP contribution in [0.5, 0.6) is 5.75 Å². The van der Waals surface area contributed by atoms with Gasteiger partial charge in [-0.2, -0.15) is 0 Å². The third-order valence-electron chi connectivity index (χ3n) is 4.87. The van der Waals surface area contributed by atoms with E-state index in [9.17, 15) is 19.2 Å². The molecule has 7 nitrogen and oxygen atoms in total. The Bertz CT molecular complexity index is 1230. The Morgan fingerprint density at radius 3 is 2.26 bits per heavy atom. The highest BCUT2D eigenvalue weighted by molar-refractivity contribution is 6.30. The van der Waals surface area contributed by atoms with E-state index in [4.69, 9.17) is 9.47 Å². The van der Waals surface area contributed by atoms with E-state index in [0.29, 0.717) is 11.3 Å². The zero-order valence-corrected chi connectivity index (χ0v) is 16.5. The molecule has 0 spiro atoms. The number of anilines is 1. The van der Waals surface area contributed by atoms with Gasteiger partial charge in [0.15, 0.2) is 18.2 Å². The molecule has 1 N–H and O–H groups in total. The van der Waals surface area contributed by atoms with Gasteiger partial charge < -0.3 is 14.8 Å². The number of ether oxygens (including phenoxy) is 2. The van der Waals surface area contributed by atoms with Crippen LogP contribution in [0.2, 0.25) is 0 Å². The second-order valence-electron chi connectivity index (χ2n) is 6.79. The zero-order valence-electron chi connectivity index (χ0n) is 16.5.